The van der Waals surface area contributed by atoms with Crippen molar-refractivity contribution in [3.63, 3.8) is 0 Å². The number of halogens is 1. The minimum Gasteiger partial charge on any atom is -0.497 e. The highest BCUT2D eigenvalue weighted by Gasteiger charge is 2.13. The molecule has 0 spiro atoms. The van der Waals surface area contributed by atoms with Crippen LogP contribution in [0.15, 0.2) is 62.3 Å². The highest BCUT2D eigenvalue weighted by molar-refractivity contribution is 9.10. The van der Waals surface area contributed by atoms with Gasteiger partial charge in [0.05, 0.1) is 17.7 Å². The van der Waals surface area contributed by atoms with Crippen LogP contribution in [0.3, 0.4) is 0 Å². The van der Waals surface area contributed by atoms with Crippen molar-refractivity contribution >= 4 is 31.7 Å². The predicted molar refractivity (Wildman–Crippen MR) is 86.5 cm³/mol. The molecule has 0 heterocycles. The quantitative estimate of drug-likeness (QED) is 0.774. The van der Waals surface area contributed by atoms with Crippen LogP contribution in [0.25, 0.3) is 0 Å². The summed E-state index contributed by atoms with van der Waals surface area (Å²) in [6.45, 7) is 1.66. The van der Waals surface area contributed by atoms with Gasteiger partial charge in [0.2, 0.25) is 0 Å². The van der Waals surface area contributed by atoms with E-state index in [0.717, 1.165) is 10.0 Å². The Kier molecular flexibility index (Phi) is 4.80. The molecule has 2 aromatic carbocycles. The van der Waals surface area contributed by atoms with Crippen molar-refractivity contribution in [2.45, 2.75) is 11.8 Å². The zero-order valence-electron chi connectivity index (χ0n) is 11.6. The number of sulfonamides is 1. The van der Waals surface area contributed by atoms with Gasteiger partial charge in [-0.2, -0.15) is 12.8 Å². The standard InChI is InChI=1S/C15H14BrNO3S/c1-11(12-3-7-14(20-2)8-4-12)17-21(18,19)15-9-5-13(16)6-10-15/h3-10H,1-2H3/b17-11+. The monoisotopic (exact) mass is 367 g/mol. The number of methoxy groups -OCH3 is 1. The normalized spacial score (nSPS) is 12.2. The average molecular weight is 368 g/mol. The summed E-state index contributed by atoms with van der Waals surface area (Å²) < 4.78 is 34.2. The molecule has 2 rings (SSSR count). The SMILES string of the molecule is COc1ccc(/C(C)=N/S(=O)(=O)c2ccc(Br)cc2)cc1. The second kappa shape index (κ2) is 6.41. The maximum atomic E-state index is 12.2. The van der Waals surface area contributed by atoms with Crippen molar-refractivity contribution in [3.05, 3.63) is 58.6 Å². The summed E-state index contributed by atoms with van der Waals surface area (Å²) in [6.07, 6.45) is 0. The molecule has 0 fully saturated rings. The lowest BCUT2D eigenvalue weighted by Crippen LogP contribution is -2.03. The summed E-state index contributed by atoms with van der Waals surface area (Å²) in [6, 6.07) is 13.5. The molecule has 0 aliphatic rings. The molecule has 21 heavy (non-hydrogen) atoms. The zero-order valence-corrected chi connectivity index (χ0v) is 14.0. The fraction of sp³-hybridized carbons (Fsp3) is 0.133. The van der Waals surface area contributed by atoms with Crippen LogP contribution in [0.1, 0.15) is 12.5 Å². The third-order valence-electron chi connectivity index (χ3n) is 2.88. The maximum absolute atomic E-state index is 12.2. The molecule has 0 radical (unpaired) electrons. The van der Waals surface area contributed by atoms with Gasteiger partial charge >= 0.3 is 0 Å². The number of hydrogen-bond acceptors (Lipinski definition) is 3. The van der Waals surface area contributed by atoms with Gasteiger partial charge in [-0.25, -0.2) is 0 Å². The van der Waals surface area contributed by atoms with Crippen LogP contribution >= 0.6 is 15.9 Å². The van der Waals surface area contributed by atoms with Gasteiger partial charge in [0, 0.05) is 4.47 Å². The van der Waals surface area contributed by atoms with Crippen LogP contribution in [0.4, 0.5) is 0 Å². The third-order valence-corrected chi connectivity index (χ3v) is 4.79. The van der Waals surface area contributed by atoms with E-state index >= 15 is 0 Å². The summed E-state index contributed by atoms with van der Waals surface area (Å²) in [5.74, 6) is 0.710. The van der Waals surface area contributed by atoms with Crippen molar-refractivity contribution < 1.29 is 13.2 Å². The Morgan fingerprint density at radius 2 is 1.62 bits per heavy atom. The number of rotatable bonds is 4. The van der Waals surface area contributed by atoms with Crippen LogP contribution in [-0.4, -0.2) is 21.2 Å². The summed E-state index contributed by atoms with van der Waals surface area (Å²) in [4.78, 5) is 0.165. The smallest absolute Gasteiger partial charge is 0.282 e. The van der Waals surface area contributed by atoms with E-state index in [4.69, 9.17) is 4.74 Å². The van der Waals surface area contributed by atoms with Gasteiger partial charge < -0.3 is 4.74 Å². The Labute approximate surface area is 132 Å². The molecule has 0 saturated carbocycles. The Balaban J connectivity index is 2.33. The molecule has 0 bridgehead atoms. The lowest BCUT2D eigenvalue weighted by atomic mass is 10.1. The molecule has 0 amide bonds. The molecule has 0 aliphatic heterocycles. The highest BCUT2D eigenvalue weighted by atomic mass is 79.9. The van der Waals surface area contributed by atoms with Crippen LogP contribution in [0, 0.1) is 0 Å². The Hall–Kier alpha value is -1.66. The van der Waals surface area contributed by atoms with E-state index in [1.807, 2.05) is 0 Å². The maximum Gasteiger partial charge on any atom is 0.282 e. The fourth-order valence-corrected chi connectivity index (χ4v) is 3.04. The van der Waals surface area contributed by atoms with Gasteiger partial charge in [-0.3, -0.25) is 0 Å². The van der Waals surface area contributed by atoms with Crippen molar-refractivity contribution in [1.29, 1.82) is 0 Å². The first kappa shape index (κ1) is 15.7. The second-order valence-electron chi connectivity index (χ2n) is 4.33. The first-order valence-electron chi connectivity index (χ1n) is 6.14. The molecule has 0 aliphatic carbocycles. The van der Waals surface area contributed by atoms with Gasteiger partial charge in [0.1, 0.15) is 5.75 Å². The van der Waals surface area contributed by atoms with Crippen LogP contribution in [-0.2, 0) is 10.0 Å². The van der Waals surface area contributed by atoms with E-state index in [2.05, 4.69) is 20.3 Å². The molecule has 0 N–H and O–H groups in total. The highest BCUT2D eigenvalue weighted by Crippen LogP contribution is 2.18. The van der Waals surface area contributed by atoms with E-state index in [9.17, 15) is 8.42 Å². The van der Waals surface area contributed by atoms with Crippen LogP contribution in [0.5, 0.6) is 5.75 Å². The molecule has 0 saturated heterocycles. The van der Waals surface area contributed by atoms with E-state index in [0.29, 0.717) is 11.5 Å². The summed E-state index contributed by atoms with van der Waals surface area (Å²) in [7, 11) is -2.13. The Morgan fingerprint density at radius 3 is 2.14 bits per heavy atom. The summed E-state index contributed by atoms with van der Waals surface area (Å²) in [5.41, 5.74) is 1.16. The van der Waals surface area contributed by atoms with Gasteiger partial charge in [-0.1, -0.05) is 15.9 Å². The Bertz CT molecular complexity index is 751. The van der Waals surface area contributed by atoms with Gasteiger partial charge in [-0.05, 0) is 61.0 Å². The average Bonchev–Trinajstić information content (AvgIpc) is 2.47. The third kappa shape index (κ3) is 3.92. The number of benzene rings is 2. The predicted octanol–water partition coefficient (Wildman–Crippen LogP) is 3.66. The second-order valence-corrected chi connectivity index (χ2v) is 6.85. The molecule has 0 atom stereocenters. The van der Waals surface area contributed by atoms with Crippen LogP contribution < -0.4 is 4.74 Å². The van der Waals surface area contributed by atoms with Gasteiger partial charge in [-0.15, -0.1) is 0 Å². The van der Waals surface area contributed by atoms with E-state index in [1.54, 1.807) is 50.4 Å². The minimum absolute atomic E-state index is 0.165. The van der Waals surface area contributed by atoms with E-state index < -0.39 is 10.0 Å². The summed E-state index contributed by atoms with van der Waals surface area (Å²) in [5, 5.41) is 0. The summed E-state index contributed by atoms with van der Waals surface area (Å²) >= 11 is 3.27. The molecule has 110 valence electrons. The molecular weight excluding hydrogens is 354 g/mol. The van der Waals surface area contributed by atoms with Gasteiger partial charge in [0.15, 0.2) is 0 Å². The lowest BCUT2D eigenvalue weighted by molar-refractivity contribution is 0.415. The van der Waals surface area contributed by atoms with Gasteiger partial charge in [0.25, 0.3) is 10.0 Å². The van der Waals surface area contributed by atoms with E-state index in [1.165, 1.54) is 12.1 Å². The van der Waals surface area contributed by atoms with Crippen LogP contribution in [0.2, 0.25) is 0 Å². The molecule has 2 aromatic rings. The molecule has 6 heteroatoms. The van der Waals surface area contributed by atoms with Crippen molar-refractivity contribution in [2.24, 2.45) is 4.40 Å². The molecule has 0 unspecified atom stereocenters. The van der Waals surface area contributed by atoms with Crippen molar-refractivity contribution in [1.82, 2.24) is 0 Å². The minimum atomic E-state index is -3.70. The van der Waals surface area contributed by atoms with Crippen molar-refractivity contribution in [2.75, 3.05) is 7.11 Å². The first-order chi connectivity index (χ1) is 9.92. The van der Waals surface area contributed by atoms with E-state index in [-0.39, 0.29) is 4.90 Å². The number of ether oxygens (including phenoxy) is 1. The molecular formula is C15H14BrNO3S. The molecule has 0 aromatic heterocycles. The molecule has 4 nitrogen and oxygen atoms in total. The number of nitrogens with zero attached hydrogens (tertiary/aromatic N) is 1. The first-order valence-corrected chi connectivity index (χ1v) is 8.37. The van der Waals surface area contributed by atoms with Crippen molar-refractivity contribution in [3.8, 4) is 5.75 Å². The number of hydrogen-bond donors (Lipinski definition) is 0. The topological polar surface area (TPSA) is 55.7 Å². The Morgan fingerprint density at radius 1 is 1.05 bits per heavy atom. The fourth-order valence-electron chi connectivity index (χ4n) is 1.72. The largest absolute Gasteiger partial charge is 0.497 e. The zero-order chi connectivity index (χ0) is 15.5. The lowest BCUT2D eigenvalue weighted by Gasteiger charge is -2.04.